The van der Waals surface area contributed by atoms with Crippen molar-refractivity contribution in [3.05, 3.63) is 76.3 Å². The average Bonchev–Trinajstić information content (AvgIpc) is 2.63. The molecular weight excluding hydrogens is 375 g/mol. The van der Waals surface area contributed by atoms with Gasteiger partial charge in [-0.25, -0.2) is 4.98 Å². The van der Waals surface area contributed by atoms with Crippen LogP contribution in [0.5, 0.6) is 0 Å². The molecule has 1 aromatic heterocycles. The number of aromatic nitrogens is 2. The van der Waals surface area contributed by atoms with E-state index in [1.54, 1.807) is 25.1 Å². The number of benzene rings is 2. The van der Waals surface area contributed by atoms with Gasteiger partial charge in [-0.3, -0.25) is 4.79 Å². The fourth-order valence-corrected chi connectivity index (χ4v) is 2.75. The molecule has 0 unspecified atom stereocenters. The standard InChI is InChI=1S/C19H14F3N3OS/c1-11-15(12-5-7-13(8-6-12)19(20,21)22)3-2-4-16(11)17(26)25-14-9-23-18(27)24-10-14/h2-10H,1H3,(H,25,26)(H,23,24,27). The van der Waals surface area contributed by atoms with Crippen LogP contribution in [-0.2, 0) is 6.18 Å². The number of rotatable bonds is 3. The Morgan fingerprint density at radius 3 is 2.44 bits per heavy atom. The maximum absolute atomic E-state index is 12.7. The summed E-state index contributed by atoms with van der Waals surface area (Å²) in [5.41, 5.74) is 2.09. The molecule has 2 aromatic carbocycles. The summed E-state index contributed by atoms with van der Waals surface area (Å²) < 4.78 is 38.5. The van der Waals surface area contributed by atoms with Crippen molar-refractivity contribution in [2.45, 2.75) is 13.1 Å². The first-order chi connectivity index (χ1) is 12.8. The third-order valence-corrected chi connectivity index (χ3v) is 4.25. The maximum atomic E-state index is 12.7. The molecule has 27 heavy (non-hydrogen) atoms. The molecule has 1 amide bonds. The van der Waals surface area contributed by atoms with Gasteiger partial charge in [0.1, 0.15) is 0 Å². The summed E-state index contributed by atoms with van der Waals surface area (Å²) >= 11 is 4.85. The van der Waals surface area contributed by atoms with E-state index in [0.29, 0.717) is 32.7 Å². The molecule has 138 valence electrons. The smallest absolute Gasteiger partial charge is 0.335 e. The van der Waals surface area contributed by atoms with Crippen LogP contribution in [0, 0.1) is 11.7 Å². The van der Waals surface area contributed by atoms with Gasteiger partial charge in [0, 0.05) is 11.8 Å². The van der Waals surface area contributed by atoms with Crippen molar-refractivity contribution in [1.82, 2.24) is 9.97 Å². The van der Waals surface area contributed by atoms with Crippen molar-refractivity contribution in [3.8, 4) is 11.1 Å². The Kier molecular flexibility index (Phi) is 5.09. The summed E-state index contributed by atoms with van der Waals surface area (Å²) in [5.74, 6) is -0.353. The van der Waals surface area contributed by atoms with Crippen molar-refractivity contribution in [1.29, 1.82) is 0 Å². The number of halogens is 3. The predicted octanol–water partition coefficient (Wildman–Crippen LogP) is 5.39. The molecule has 0 radical (unpaired) electrons. The number of aromatic amines is 1. The molecule has 3 aromatic rings. The fourth-order valence-electron chi connectivity index (χ4n) is 2.64. The molecule has 0 saturated carbocycles. The molecule has 1 heterocycles. The third-order valence-electron chi connectivity index (χ3n) is 4.03. The van der Waals surface area contributed by atoms with Gasteiger partial charge in [0.05, 0.1) is 17.4 Å². The molecule has 0 bridgehead atoms. The summed E-state index contributed by atoms with van der Waals surface area (Å²) in [7, 11) is 0. The normalized spacial score (nSPS) is 11.3. The first-order valence-electron chi connectivity index (χ1n) is 7.89. The number of nitrogens with one attached hydrogen (secondary N) is 2. The fraction of sp³-hybridized carbons (Fsp3) is 0.105. The Morgan fingerprint density at radius 2 is 1.85 bits per heavy atom. The number of anilines is 1. The Morgan fingerprint density at radius 1 is 1.15 bits per heavy atom. The number of hydrogen-bond donors (Lipinski definition) is 2. The van der Waals surface area contributed by atoms with E-state index >= 15 is 0 Å². The van der Waals surface area contributed by atoms with Crippen molar-refractivity contribution in [2.75, 3.05) is 5.32 Å². The summed E-state index contributed by atoms with van der Waals surface area (Å²) in [6.45, 7) is 1.75. The molecule has 8 heteroatoms. The summed E-state index contributed by atoms with van der Waals surface area (Å²) in [6.07, 6.45) is -1.42. The molecule has 2 N–H and O–H groups in total. The second kappa shape index (κ2) is 7.32. The first kappa shape index (κ1) is 18.8. The van der Waals surface area contributed by atoms with Crippen LogP contribution in [0.2, 0.25) is 0 Å². The van der Waals surface area contributed by atoms with Gasteiger partial charge in [-0.05, 0) is 54.0 Å². The highest BCUT2D eigenvalue weighted by Gasteiger charge is 2.30. The molecule has 3 rings (SSSR count). The second-order valence-electron chi connectivity index (χ2n) is 5.81. The quantitative estimate of drug-likeness (QED) is 0.591. The summed E-state index contributed by atoms with van der Waals surface area (Å²) in [5, 5.41) is 2.71. The highest BCUT2D eigenvalue weighted by Crippen LogP contribution is 2.32. The zero-order valence-electron chi connectivity index (χ0n) is 14.1. The Bertz CT molecular complexity index is 1020. The van der Waals surface area contributed by atoms with E-state index in [0.717, 1.165) is 12.1 Å². The van der Waals surface area contributed by atoms with Gasteiger partial charge in [-0.2, -0.15) is 13.2 Å². The monoisotopic (exact) mass is 389 g/mol. The Labute approximate surface area is 158 Å². The van der Waals surface area contributed by atoms with Gasteiger partial charge >= 0.3 is 6.18 Å². The molecule has 0 aliphatic carbocycles. The highest BCUT2D eigenvalue weighted by molar-refractivity contribution is 7.71. The van der Waals surface area contributed by atoms with Crippen LogP contribution in [0.4, 0.5) is 18.9 Å². The van der Waals surface area contributed by atoms with E-state index in [2.05, 4.69) is 15.3 Å². The number of alkyl halides is 3. The van der Waals surface area contributed by atoms with Crippen LogP contribution in [0.3, 0.4) is 0 Å². The molecule has 0 fully saturated rings. The highest BCUT2D eigenvalue weighted by atomic mass is 32.1. The number of nitrogens with zero attached hydrogens (tertiary/aromatic N) is 1. The summed E-state index contributed by atoms with van der Waals surface area (Å²) in [4.78, 5) is 19.2. The zero-order valence-corrected chi connectivity index (χ0v) is 14.9. The van der Waals surface area contributed by atoms with E-state index in [1.807, 2.05) is 0 Å². The van der Waals surface area contributed by atoms with E-state index < -0.39 is 11.7 Å². The van der Waals surface area contributed by atoms with E-state index in [1.165, 1.54) is 24.5 Å². The number of amides is 1. The Hall–Kier alpha value is -3.00. The number of hydrogen-bond acceptors (Lipinski definition) is 3. The second-order valence-corrected chi connectivity index (χ2v) is 6.20. The lowest BCUT2D eigenvalue weighted by Crippen LogP contribution is -2.14. The van der Waals surface area contributed by atoms with Gasteiger partial charge in [-0.1, -0.05) is 24.3 Å². The molecular formula is C19H14F3N3OS. The van der Waals surface area contributed by atoms with Gasteiger partial charge in [0.15, 0.2) is 4.77 Å². The number of carbonyl (C=O) groups is 1. The van der Waals surface area contributed by atoms with Crippen molar-refractivity contribution < 1.29 is 18.0 Å². The van der Waals surface area contributed by atoms with Crippen molar-refractivity contribution in [3.63, 3.8) is 0 Å². The van der Waals surface area contributed by atoms with Crippen LogP contribution < -0.4 is 5.32 Å². The SMILES string of the molecule is Cc1c(C(=O)Nc2cnc(=S)[nH]c2)cccc1-c1ccc(C(F)(F)F)cc1. The van der Waals surface area contributed by atoms with E-state index in [9.17, 15) is 18.0 Å². The molecule has 0 aliphatic rings. The van der Waals surface area contributed by atoms with Crippen LogP contribution in [0.15, 0.2) is 54.9 Å². The lowest BCUT2D eigenvalue weighted by molar-refractivity contribution is -0.137. The lowest BCUT2D eigenvalue weighted by Gasteiger charge is -2.13. The molecule has 0 aliphatic heterocycles. The minimum absolute atomic E-state index is 0.300. The molecule has 0 spiro atoms. The van der Waals surface area contributed by atoms with E-state index in [-0.39, 0.29) is 5.91 Å². The van der Waals surface area contributed by atoms with Crippen LogP contribution in [0.1, 0.15) is 21.5 Å². The van der Waals surface area contributed by atoms with Gasteiger partial charge in [0.25, 0.3) is 5.91 Å². The number of H-pyrrole nitrogens is 1. The van der Waals surface area contributed by atoms with E-state index in [4.69, 9.17) is 12.2 Å². The van der Waals surface area contributed by atoms with Crippen molar-refractivity contribution >= 4 is 23.8 Å². The number of carbonyl (C=O) groups excluding carboxylic acids is 1. The predicted molar refractivity (Wildman–Crippen MR) is 99.0 cm³/mol. The lowest BCUT2D eigenvalue weighted by atomic mass is 9.95. The molecule has 4 nitrogen and oxygen atoms in total. The molecule has 0 atom stereocenters. The minimum atomic E-state index is -4.39. The first-order valence-corrected chi connectivity index (χ1v) is 8.30. The topological polar surface area (TPSA) is 57.8 Å². The van der Waals surface area contributed by atoms with Crippen LogP contribution in [-0.4, -0.2) is 15.9 Å². The van der Waals surface area contributed by atoms with Gasteiger partial charge in [-0.15, -0.1) is 0 Å². The maximum Gasteiger partial charge on any atom is 0.416 e. The van der Waals surface area contributed by atoms with Crippen molar-refractivity contribution in [2.24, 2.45) is 0 Å². The van der Waals surface area contributed by atoms with Crippen LogP contribution >= 0.6 is 12.2 Å². The Balaban J connectivity index is 1.90. The largest absolute Gasteiger partial charge is 0.416 e. The zero-order chi connectivity index (χ0) is 19.6. The van der Waals surface area contributed by atoms with Crippen LogP contribution in [0.25, 0.3) is 11.1 Å². The molecule has 0 saturated heterocycles. The summed E-state index contributed by atoms with van der Waals surface area (Å²) in [6, 6.07) is 9.94. The third kappa shape index (κ3) is 4.22. The average molecular weight is 389 g/mol. The van der Waals surface area contributed by atoms with Gasteiger partial charge in [0.2, 0.25) is 0 Å². The minimum Gasteiger partial charge on any atom is -0.335 e. The van der Waals surface area contributed by atoms with Gasteiger partial charge < -0.3 is 10.3 Å².